The zero-order valence-electron chi connectivity index (χ0n) is 10.4. The first-order valence-electron chi connectivity index (χ1n) is 6.39. The number of hydrogen-bond acceptors (Lipinski definition) is 3. The fraction of sp³-hybridized carbons (Fsp3) is 0.385. The van der Waals surface area contributed by atoms with Gasteiger partial charge in [-0.05, 0) is 31.2 Å². The van der Waals surface area contributed by atoms with E-state index in [1.54, 1.807) is 11.0 Å². The Kier molecular flexibility index (Phi) is 3.16. The number of carbonyl (C=O) groups excluding carboxylic acids is 1. The molecule has 1 fully saturated rings. The molecule has 0 bridgehead atoms. The molecule has 1 saturated heterocycles. The van der Waals surface area contributed by atoms with Gasteiger partial charge in [-0.3, -0.25) is 9.89 Å². The lowest BCUT2D eigenvalue weighted by Crippen LogP contribution is -2.34. The van der Waals surface area contributed by atoms with Gasteiger partial charge in [-0.25, -0.2) is 4.39 Å². The third kappa shape index (κ3) is 2.31. The Morgan fingerprint density at radius 3 is 3.11 bits per heavy atom. The van der Waals surface area contributed by atoms with Crippen LogP contribution < -0.4 is 5.32 Å². The molecular formula is C13H15FN4O. The molecule has 1 amide bonds. The van der Waals surface area contributed by atoms with E-state index in [1.807, 2.05) is 0 Å². The Balaban J connectivity index is 1.94. The average Bonchev–Trinajstić information content (AvgIpc) is 2.64. The lowest BCUT2D eigenvalue weighted by atomic mass is 10.2. The standard InChI is InChI=1S/C13H15FN4O/c14-9-2-3-11-10(8-9)12(17-16-11)13(19)18-6-1-4-15-5-7-18/h2-3,8,15H,1,4-7H2,(H,16,17). The van der Waals surface area contributed by atoms with Crippen LogP contribution in [0.5, 0.6) is 0 Å². The summed E-state index contributed by atoms with van der Waals surface area (Å²) in [5.41, 5.74) is 0.981. The highest BCUT2D eigenvalue weighted by atomic mass is 19.1. The molecule has 6 heteroatoms. The van der Waals surface area contributed by atoms with Crippen LogP contribution in [0.2, 0.25) is 0 Å². The Labute approximate surface area is 109 Å². The molecule has 0 aliphatic carbocycles. The molecule has 0 unspecified atom stereocenters. The van der Waals surface area contributed by atoms with Crippen molar-refractivity contribution in [2.45, 2.75) is 6.42 Å². The Bertz CT molecular complexity index is 602. The minimum Gasteiger partial charge on any atom is -0.336 e. The molecule has 2 heterocycles. The van der Waals surface area contributed by atoms with Crippen molar-refractivity contribution in [3.63, 3.8) is 0 Å². The predicted molar refractivity (Wildman–Crippen MR) is 69.4 cm³/mol. The molecule has 1 aliphatic heterocycles. The van der Waals surface area contributed by atoms with E-state index in [4.69, 9.17) is 0 Å². The number of hydrogen-bond donors (Lipinski definition) is 2. The van der Waals surface area contributed by atoms with Crippen LogP contribution in [0, 0.1) is 5.82 Å². The Morgan fingerprint density at radius 1 is 1.32 bits per heavy atom. The molecule has 0 spiro atoms. The Morgan fingerprint density at radius 2 is 2.21 bits per heavy atom. The molecule has 2 N–H and O–H groups in total. The molecule has 100 valence electrons. The van der Waals surface area contributed by atoms with Crippen LogP contribution in [0.1, 0.15) is 16.9 Å². The summed E-state index contributed by atoms with van der Waals surface area (Å²) >= 11 is 0. The van der Waals surface area contributed by atoms with Crippen LogP contribution in [-0.2, 0) is 0 Å². The van der Waals surface area contributed by atoms with Gasteiger partial charge in [0.2, 0.25) is 0 Å². The summed E-state index contributed by atoms with van der Waals surface area (Å²) in [4.78, 5) is 14.2. The normalized spacial score (nSPS) is 16.6. The van der Waals surface area contributed by atoms with Crippen LogP contribution in [-0.4, -0.2) is 47.2 Å². The van der Waals surface area contributed by atoms with Crippen molar-refractivity contribution in [2.24, 2.45) is 0 Å². The van der Waals surface area contributed by atoms with E-state index in [0.29, 0.717) is 29.7 Å². The molecule has 0 radical (unpaired) electrons. The van der Waals surface area contributed by atoms with Crippen LogP contribution in [0.25, 0.3) is 10.9 Å². The van der Waals surface area contributed by atoms with E-state index >= 15 is 0 Å². The van der Waals surface area contributed by atoms with Crippen molar-refractivity contribution in [1.29, 1.82) is 0 Å². The van der Waals surface area contributed by atoms with E-state index < -0.39 is 0 Å². The van der Waals surface area contributed by atoms with Gasteiger partial charge in [-0.15, -0.1) is 0 Å². The number of halogens is 1. The van der Waals surface area contributed by atoms with Crippen molar-refractivity contribution in [3.8, 4) is 0 Å². The molecule has 5 nitrogen and oxygen atoms in total. The number of nitrogens with one attached hydrogen (secondary N) is 2. The van der Waals surface area contributed by atoms with E-state index in [2.05, 4.69) is 15.5 Å². The molecular weight excluding hydrogens is 247 g/mol. The second kappa shape index (κ2) is 4.97. The molecule has 19 heavy (non-hydrogen) atoms. The number of H-pyrrole nitrogens is 1. The zero-order valence-corrected chi connectivity index (χ0v) is 10.4. The first-order chi connectivity index (χ1) is 9.25. The molecule has 1 aliphatic rings. The third-order valence-electron chi connectivity index (χ3n) is 3.35. The van der Waals surface area contributed by atoms with E-state index in [1.165, 1.54) is 12.1 Å². The van der Waals surface area contributed by atoms with Gasteiger partial charge < -0.3 is 10.2 Å². The number of aromatic nitrogens is 2. The SMILES string of the molecule is O=C(c1n[nH]c2ccc(F)cc12)N1CCCNCC1. The number of benzene rings is 1. The van der Waals surface area contributed by atoms with Crippen molar-refractivity contribution >= 4 is 16.8 Å². The molecule has 0 atom stereocenters. The first kappa shape index (κ1) is 12.1. The highest BCUT2D eigenvalue weighted by molar-refractivity contribution is 6.04. The van der Waals surface area contributed by atoms with Crippen LogP contribution in [0.15, 0.2) is 18.2 Å². The van der Waals surface area contributed by atoms with E-state index in [0.717, 1.165) is 19.5 Å². The van der Waals surface area contributed by atoms with Crippen LogP contribution in [0.4, 0.5) is 4.39 Å². The summed E-state index contributed by atoms with van der Waals surface area (Å²) in [6.45, 7) is 3.06. The van der Waals surface area contributed by atoms with E-state index in [-0.39, 0.29) is 11.7 Å². The van der Waals surface area contributed by atoms with Crippen LogP contribution in [0.3, 0.4) is 0 Å². The maximum atomic E-state index is 13.3. The van der Waals surface area contributed by atoms with Gasteiger partial charge in [-0.2, -0.15) is 5.10 Å². The van der Waals surface area contributed by atoms with E-state index in [9.17, 15) is 9.18 Å². The minimum atomic E-state index is -0.361. The number of amides is 1. The average molecular weight is 262 g/mol. The summed E-state index contributed by atoms with van der Waals surface area (Å²) < 4.78 is 13.3. The summed E-state index contributed by atoms with van der Waals surface area (Å²) in [5.74, 6) is -0.499. The summed E-state index contributed by atoms with van der Waals surface area (Å²) in [6, 6.07) is 4.30. The number of aromatic amines is 1. The number of fused-ring (bicyclic) bond motifs is 1. The number of nitrogens with zero attached hydrogens (tertiary/aromatic N) is 2. The number of carbonyl (C=O) groups is 1. The fourth-order valence-corrected chi connectivity index (χ4v) is 2.35. The quantitative estimate of drug-likeness (QED) is 0.810. The van der Waals surface area contributed by atoms with Gasteiger partial charge >= 0.3 is 0 Å². The largest absolute Gasteiger partial charge is 0.336 e. The topological polar surface area (TPSA) is 61.0 Å². The zero-order chi connectivity index (χ0) is 13.2. The molecule has 0 saturated carbocycles. The van der Waals surface area contributed by atoms with Crippen molar-refractivity contribution in [3.05, 3.63) is 29.7 Å². The van der Waals surface area contributed by atoms with Crippen molar-refractivity contribution < 1.29 is 9.18 Å². The van der Waals surface area contributed by atoms with Gasteiger partial charge in [0.05, 0.1) is 5.52 Å². The maximum absolute atomic E-state index is 13.3. The monoisotopic (exact) mass is 262 g/mol. The van der Waals surface area contributed by atoms with Gasteiger partial charge in [0, 0.05) is 25.0 Å². The lowest BCUT2D eigenvalue weighted by molar-refractivity contribution is 0.0762. The first-order valence-corrected chi connectivity index (χ1v) is 6.39. The summed E-state index contributed by atoms with van der Waals surface area (Å²) in [5, 5.41) is 10.6. The number of rotatable bonds is 1. The van der Waals surface area contributed by atoms with Gasteiger partial charge in [0.15, 0.2) is 5.69 Å². The summed E-state index contributed by atoms with van der Waals surface area (Å²) in [7, 11) is 0. The fourth-order valence-electron chi connectivity index (χ4n) is 2.35. The van der Waals surface area contributed by atoms with Gasteiger partial charge in [0.1, 0.15) is 5.82 Å². The molecule has 3 rings (SSSR count). The molecule has 1 aromatic heterocycles. The second-order valence-electron chi connectivity index (χ2n) is 4.66. The molecule has 1 aromatic carbocycles. The molecule has 2 aromatic rings. The lowest BCUT2D eigenvalue weighted by Gasteiger charge is -2.18. The smallest absolute Gasteiger partial charge is 0.275 e. The highest BCUT2D eigenvalue weighted by Gasteiger charge is 2.21. The predicted octanol–water partition coefficient (Wildman–Crippen LogP) is 1.14. The van der Waals surface area contributed by atoms with Crippen LogP contribution >= 0.6 is 0 Å². The van der Waals surface area contributed by atoms with Gasteiger partial charge in [-0.1, -0.05) is 0 Å². The minimum absolute atomic E-state index is 0.138. The second-order valence-corrected chi connectivity index (χ2v) is 4.66. The van der Waals surface area contributed by atoms with Gasteiger partial charge in [0.25, 0.3) is 5.91 Å². The highest BCUT2D eigenvalue weighted by Crippen LogP contribution is 2.18. The Hall–Kier alpha value is -1.95. The summed E-state index contributed by atoms with van der Waals surface area (Å²) in [6.07, 6.45) is 0.919. The maximum Gasteiger partial charge on any atom is 0.275 e. The van der Waals surface area contributed by atoms with Crippen molar-refractivity contribution in [2.75, 3.05) is 26.2 Å². The third-order valence-corrected chi connectivity index (χ3v) is 3.35. The van der Waals surface area contributed by atoms with Crippen molar-refractivity contribution in [1.82, 2.24) is 20.4 Å².